The summed E-state index contributed by atoms with van der Waals surface area (Å²) in [7, 11) is -3.68. The highest BCUT2D eigenvalue weighted by molar-refractivity contribution is 7.89. The maximum atomic E-state index is 13.0. The fourth-order valence-corrected chi connectivity index (χ4v) is 4.08. The zero-order valence-electron chi connectivity index (χ0n) is 15.0. The van der Waals surface area contributed by atoms with Crippen LogP contribution in [0.15, 0.2) is 84.8 Å². The third-order valence-corrected chi connectivity index (χ3v) is 5.88. The van der Waals surface area contributed by atoms with Gasteiger partial charge in [0.2, 0.25) is 10.0 Å². The normalized spacial score (nSPS) is 12.7. The minimum absolute atomic E-state index is 0.182. The number of aryl methyl sites for hydroxylation is 1. The van der Waals surface area contributed by atoms with Gasteiger partial charge in [0.05, 0.1) is 24.2 Å². The van der Waals surface area contributed by atoms with Gasteiger partial charge in [-0.25, -0.2) is 8.42 Å². The fraction of sp³-hybridized carbons (Fsp3) is 0.238. The van der Waals surface area contributed by atoms with Gasteiger partial charge in [0.1, 0.15) is 0 Å². The molecule has 1 atom stereocenters. The molecule has 0 heterocycles. The molecule has 0 aromatic heterocycles. The van der Waals surface area contributed by atoms with Gasteiger partial charge in [-0.3, -0.25) is 0 Å². The third kappa shape index (κ3) is 5.14. The summed E-state index contributed by atoms with van der Waals surface area (Å²) >= 11 is 0. The number of sulfonamides is 1. The average molecular weight is 372 g/mol. The standard InChI is InChI=1S/C21H25NO3S/c1-4-15-22(26(23,24)21-13-11-18(3)12-14-21)20(5-2)17-25-16-19-9-7-6-8-10-19/h4-14,20H,1-2,15-17H2,3H3. The van der Waals surface area contributed by atoms with Crippen LogP contribution in [0.4, 0.5) is 0 Å². The van der Waals surface area contributed by atoms with E-state index in [1.165, 1.54) is 4.31 Å². The van der Waals surface area contributed by atoms with E-state index in [1.807, 2.05) is 37.3 Å². The first-order valence-electron chi connectivity index (χ1n) is 8.42. The predicted molar refractivity (Wildman–Crippen MR) is 105 cm³/mol. The summed E-state index contributed by atoms with van der Waals surface area (Å²) in [6, 6.07) is 16.1. The van der Waals surface area contributed by atoms with Gasteiger partial charge in [0.25, 0.3) is 0 Å². The van der Waals surface area contributed by atoms with E-state index in [0.29, 0.717) is 6.61 Å². The molecule has 2 aromatic carbocycles. The molecular formula is C21H25NO3S. The highest BCUT2D eigenvalue weighted by Gasteiger charge is 2.29. The molecule has 0 bridgehead atoms. The summed E-state index contributed by atoms with van der Waals surface area (Å²) in [4.78, 5) is 0.250. The lowest BCUT2D eigenvalue weighted by Gasteiger charge is -2.28. The van der Waals surface area contributed by atoms with Crippen LogP contribution in [0.25, 0.3) is 0 Å². The molecule has 0 aliphatic heterocycles. The van der Waals surface area contributed by atoms with Crippen molar-refractivity contribution in [2.24, 2.45) is 0 Å². The molecule has 0 saturated heterocycles. The maximum Gasteiger partial charge on any atom is 0.243 e. The maximum absolute atomic E-state index is 13.0. The molecule has 0 spiro atoms. The lowest BCUT2D eigenvalue weighted by atomic mass is 10.2. The summed E-state index contributed by atoms with van der Waals surface area (Å²) in [6.07, 6.45) is 3.17. The van der Waals surface area contributed by atoms with Crippen LogP contribution < -0.4 is 0 Å². The minimum atomic E-state index is -3.68. The Hall–Kier alpha value is -2.21. The van der Waals surface area contributed by atoms with Crippen LogP contribution in [0.1, 0.15) is 11.1 Å². The van der Waals surface area contributed by atoms with Crippen LogP contribution in [0.2, 0.25) is 0 Å². The topological polar surface area (TPSA) is 46.6 Å². The highest BCUT2D eigenvalue weighted by Crippen LogP contribution is 2.20. The Morgan fingerprint density at radius 3 is 2.31 bits per heavy atom. The molecule has 0 fully saturated rings. The summed E-state index contributed by atoms with van der Waals surface area (Å²) in [5.41, 5.74) is 2.04. The van der Waals surface area contributed by atoms with Gasteiger partial charge in [-0.1, -0.05) is 60.2 Å². The Kier molecular flexibility index (Phi) is 7.33. The van der Waals surface area contributed by atoms with Crippen molar-refractivity contribution in [1.82, 2.24) is 4.31 Å². The lowest BCUT2D eigenvalue weighted by Crippen LogP contribution is -2.41. The van der Waals surface area contributed by atoms with Crippen molar-refractivity contribution in [3.8, 4) is 0 Å². The highest BCUT2D eigenvalue weighted by atomic mass is 32.2. The zero-order chi connectivity index (χ0) is 19.0. The van der Waals surface area contributed by atoms with Gasteiger partial charge in [-0.05, 0) is 24.6 Å². The Balaban J connectivity index is 2.15. The molecule has 0 amide bonds. The van der Waals surface area contributed by atoms with E-state index in [4.69, 9.17) is 4.74 Å². The second-order valence-corrected chi connectivity index (χ2v) is 7.87. The number of benzene rings is 2. The van der Waals surface area contributed by atoms with Gasteiger partial charge in [-0.15, -0.1) is 13.2 Å². The van der Waals surface area contributed by atoms with E-state index in [0.717, 1.165) is 11.1 Å². The smallest absolute Gasteiger partial charge is 0.243 e. The molecule has 0 radical (unpaired) electrons. The van der Waals surface area contributed by atoms with Crippen molar-refractivity contribution in [2.45, 2.75) is 24.5 Å². The molecule has 0 aliphatic carbocycles. The monoisotopic (exact) mass is 371 g/mol. The number of ether oxygens (including phenoxy) is 1. The van der Waals surface area contributed by atoms with Gasteiger partial charge in [0, 0.05) is 6.54 Å². The fourth-order valence-electron chi connectivity index (χ4n) is 2.53. The first-order chi connectivity index (χ1) is 12.5. The molecule has 26 heavy (non-hydrogen) atoms. The zero-order valence-corrected chi connectivity index (χ0v) is 15.9. The van der Waals surface area contributed by atoms with Crippen molar-refractivity contribution in [3.63, 3.8) is 0 Å². The van der Waals surface area contributed by atoms with E-state index in [-0.39, 0.29) is 18.0 Å². The van der Waals surface area contributed by atoms with E-state index < -0.39 is 16.1 Å². The van der Waals surface area contributed by atoms with Gasteiger partial charge >= 0.3 is 0 Å². The molecular weight excluding hydrogens is 346 g/mol. The molecule has 138 valence electrons. The number of hydrogen-bond donors (Lipinski definition) is 0. The van der Waals surface area contributed by atoms with Gasteiger partial charge < -0.3 is 4.74 Å². The molecule has 4 nitrogen and oxygen atoms in total. The number of rotatable bonds is 10. The van der Waals surface area contributed by atoms with Crippen LogP contribution >= 0.6 is 0 Å². The van der Waals surface area contributed by atoms with E-state index in [1.54, 1.807) is 36.4 Å². The van der Waals surface area contributed by atoms with Crippen molar-refractivity contribution >= 4 is 10.0 Å². The first-order valence-corrected chi connectivity index (χ1v) is 9.86. The molecule has 2 aromatic rings. The van der Waals surface area contributed by atoms with Crippen LogP contribution in [-0.2, 0) is 21.4 Å². The number of hydrogen-bond acceptors (Lipinski definition) is 3. The van der Waals surface area contributed by atoms with Gasteiger partial charge in [0.15, 0.2) is 0 Å². The average Bonchev–Trinajstić information content (AvgIpc) is 2.65. The van der Waals surface area contributed by atoms with E-state index in [2.05, 4.69) is 13.2 Å². The van der Waals surface area contributed by atoms with Crippen molar-refractivity contribution in [3.05, 3.63) is 91.0 Å². The quantitative estimate of drug-likeness (QED) is 0.594. The van der Waals surface area contributed by atoms with Gasteiger partial charge in [-0.2, -0.15) is 4.31 Å². The summed E-state index contributed by atoms with van der Waals surface area (Å²) in [6.45, 7) is 10.2. The van der Waals surface area contributed by atoms with Crippen LogP contribution in [0.3, 0.4) is 0 Å². The molecule has 5 heteroatoms. The molecule has 1 unspecified atom stereocenters. The van der Waals surface area contributed by atoms with Crippen molar-refractivity contribution < 1.29 is 13.2 Å². The SMILES string of the molecule is C=CCN(C(C=C)COCc1ccccc1)S(=O)(=O)c1ccc(C)cc1. The Morgan fingerprint density at radius 2 is 1.73 bits per heavy atom. The van der Waals surface area contributed by atoms with Crippen molar-refractivity contribution in [2.75, 3.05) is 13.2 Å². The van der Waals surface area contributed by atoms with E-state index in [9.17, 15) is 8.42 Å². The second-order valence-electron chi connectivity index (χ2n) is 5.98. The first kappa shape index (κ1) is 20.1. The Labute approximate surface area is 156 Å². The third-order valence-electron chi connectivity index (χ3n) is 3.98. The molecule has 2 rings (SSSR count). The Bertz CT molecular complexity index is 814. The van der Waals surface area contributed by atoms with E-state index >= 15 is 0 Å². The van der Waals surface area contributed by atoms with Crippen LogP contribution in [0.5, 0.6) is 0 Å². The second kappa shape index (κ2) is 9.48. The molecule has 0 aliphatic rings. The summed E-state index contributed by atoms with van der Waals surface area (Å²) < 4.78 is 33.2. The largest absolute Gasteiger partial charge is 0.375 e. The lowest BCUT2D eigenvalue weighted by molar-refractivity contribution is 0.0930. The van der Waals surface area contributed by atoms with Crippen LogP contribution in [-0.4, -0.2) is 31.9 Å². The molecule has 0 N–H and O–H groups in total. The minimum Gasteiger partial charge on any atom is -0.375 e. The Morgan fingerprint density at radius 1 is 1.08 bits per heavy atom. The van der Waals surface area contributed by atoms with Crippen molar-refractivity contribution in [1.29, 1.82) is 0 Å². The summed E-state index contributed by atoms with van der Waals surface area (Å²) in [5, 5.41) is 0. The summed E-state index contributed by atoms with van der Waals surface area (Å²) in [5.74, 6) is 0. The number of nitrogens with zero attached hydrogens (tertiary/aromatic N) is 1. The predicted octanol–water partition coefficient (Wildman–Crippen LogP) is 3.94. The van der Waals surface area contributed by atoms with Crippen LogP contribution in [0, 0.1) is 6.92 Å². The molecule has 0 saturated carbocycles.